The first-order chi connectivity index (χ1) is 9.56. The third kappa shape index (κ3) is 2.00. The fourth-order valence-electron chi connectivity index (χ4n) is 2.05. The molecule has 100 valence electrons. The van der Waals surface area contributed by atoms with E-state index in [1.54, 1.807) is 24.3 Å². The van der Waals surface area contributed by atoms with Crippen molar-refractivity contribution in [1.29, 1.82) is 0 Å². The van der Waals surface area contributed by atoms with Crippen LogP contribution in [0.2, 0.25) is 5.02 Å². The normalized spacial score (nSPS) is 10.8. The minimum absolute atomic E-state index is 0.0373. The Balaban J connectivity index is 2.31. The summed E-state index contributed by atoms with van der Waals surface area (Å²) < 4.78 is 5.32. The van der Waals surface area contributed by atoms with Crippen molar-refractivity contribution >= 4 is 22.6 Å². The maximum Gasteiger partial charge on any atom is 0.204 e. The van der Waals surface area contributed by atoms with Crippen LogP contribution in [-0.4, -0.2) is 10.2 Å². The zero-order valence-corrected chi connectivity index (χ0v) is 10.9. The number of hydrogen-bond donors (Lipinski definition) is 2. The Labute approximate surface area is 118 Å². The summed E-state index contributed by atoms with van der Waals surface area (Å²) in [6, 6.07) is 9.09. The van der Waals surface area contributed by atoms with Gasteiger partial charge in [-0.1, -0.05) is 23.7 Å². The number of halogens is 1. The molecule has 0 amide bonds. The molecule has 1 heterocycles. The monoisotopic (exact) mass is 288 g/mol. The van der Waals surface area contributed by atoms with Crippen LogP contribution < -0.4 is 5.43 Å². The molecule has 5 heteroatoms. The van der Waals surface area contributed by atoms with Crippen molar-refractivity contribution in [1.82, 2.24) is 0 Å². The lowest BCUT2D eigenvalue weighted by molar-refractivity contribution is 0.452. The maximum atomic E-state index is 12.4. The molecule has 3 rings (SSSR count). The summed E-state index contributed by atoms with van der Waals surface area (Å²) in [5.41, 5.74) is 0.712. The predicted molar refractivity (Wildman–Crippen MR) is 76.3 cm³/mol. The van der Waals surface area contributed by atoms with Crippen molar-refractivity contribution in [2.45, 2.75) is 0 Å². The fourth-order valence-corrected chi connectivity index (χ4v) is 2.17. The van der Waals surface area contributed by atoms with Crippen LogP contribution in [0.5, 0.6) is 11.5 Å². The van der Waals surface area contributed by atoms with E-state index in [-0.39, 0.29) is 27.9 Å². The lowest BCUT2D eigenvalue weighted by Crippen LogP contribution is -2.04. The van der Waals surface area contributed by atoms with Gasteiger partial charge in [0, 0.05) is 17.2 Å². The first-order valence-electron chi connectivity index (χ1n) is 5.79. The highest BCUT2D eigenvalue weighted by Gasteiger charge is 2.13. The number of hydrogen-bond acceptors (Lipinski definition) is 4. The van der Waals surface area contributed by atoms with Gasteiger partial charge < -0.3 is 14.6 Å². The number of phenols is 2. The second kappa shape index (κ2) is 4.58. The highest BCUT2D eigenvalue weighted by molar-refractivity contribution is 6.30. The van der Waals surface area contributed by atoms with E-state index >= 15 is 0 Å². The van der Waals surface area contributed by atoms with E-state index in [4.69, 9.17) is 16.0 Å². The van der Waals surface area contributed by atoms with Crippen molar-refractivity contribution in [3.63, 3.8) is 0 Å². The highest BCUT2D eigenvalue weighted by atomic mass is 35.5. The number of benzene rings is 2. The largest absolute Gasteiger partial charge is 0.508 e. The molecule has 0 aliphatic rings. The van der Waals surface area contributed by atoms with Crippen LogP contribution in [0.15, 0.2) is 51.9 Å². The molecule has 3 aromatic rings. The molecule has 1 aromatic heterocycles. The van der Waals surface area contributed by atoms with Gasteiger partial charge >= 0.3 is 0 Å². The van der Waals surface area contributed by atoms with Crippen molar-refractivity contribution in [2.24, 2.45) is 0 Å². The highest BCUT2D eigenvalue weighted by Crippen LogP contribution is 2.29. The molecule has 0 saturated heterocycles. The van der Waals surface area contributed by atoms with Crippen LogP contribution in [0.1, 0.15) is 0 Å². The van der Waals surface area contributed by atoms with E-state index in [2.05, 4.69) is 0 Å². The summed E-state index contributed by atoms with van der Waals surface area (Å²) in [6.45, 7) is 0. The van der Waals surface area contributed by atoms with E-state index in [9.17, 15) is 15.0 Å². The van der Waals surface area contributed by atoms with Crippen molar-refractivity contribution in [3.05, 3.63) is 57.9 Å². The minimum atomic E-state index is -0.369. The second-order valence-corrected chi connectivity index (χ2v) is 4.76. The van der Waals surface area contributed by atoms with Gasteiger partial charge in [0.15, 0.2) is 0 Å². The standard InChI is InChI=1S/C15H9ClO4/c16-9-3-1-8(2-4-9)11-7-20-13-6-10(17)5-12(18)14(13)15(11)19/h1-7,17-18H. The number of fused-ring (bicyclic) bond motifs is 1. The Bertz CT molecular complexity index is 850. The van der Waals surface area contributed by atoms with Crippen molar-refractivity contribution < 1.29 is 14.6 Å². The summed E-state index contributed by atoms with van der Waals surface area (Å²) in [5.74, 6) is -0.484. The molecular formula is C15H9ClO4. The molecule has 4 nitrogen and oxygen atoms in total. The Morgan fingerprint density at radius 3 is 2.45 bits per heavy atom. The minimum Gasteiger partial charge on any atom is -0.508 e. The second-order valence-electron chi connectivity index (χ2n) is 4.32. The van der Waals surface area contributed by atoms with E-state index in [1.165, 1.54) is 12.3 Å². The molecule has 0 fully saturated rings. The fraction of sp³-hybridized carbons (Fsp3) is 0. The van der Waals surface area contributed by atoms with Crippen LogP contribution in [-0.2, 0) is 0 Å². The van der Waals surface area contributed by atoms with Gasteiger partial charge in [-0.2, -0.15) is 0 Å². The third-order valence-electron chi connectivity index (χ3n) is 3.00. The number of aromatic hydroxyl groups is 2. The van der Waals surface area contributed by atoms with Gasteiger partial charge in [0.05, 0.1) is 5.56 Å². The molecule has 0 bridgehead atoms. The van der Waals surface area contributed by atoms with Crippen LogP contribution in [0.3, 0.4) is 0 Å². The average Bonchev–Trinajstić information content (AvgIpc) is 2.39. The molecule has 2 N–H and O–H groups in total. The third-order valence-corrected chi connectivity index (χ3v) is 3.25. The topological polar surface area (TPSA) is 70.7 Å². The van der Waals surface area contributed by atoms with E-state index < -0.39 is 0 Å². The molecule has 0 spiro atoms. The number of rotatable bonds is 1. The van der Waals surface area contributed by atoms with Gasteiger partial charge in [0.2, 0.25) is 5.43 Å². The van der Waals surface area contributed by atoms with Gasteiger partial charge in [0.25, 0.3) is 0 Å². The summed E-state index contributed by atoms with van der Waals surface area (Å²) in [7, 11) is 0. The van der Waals surface area contributed by atoms with Crippen molar-refractivity contribution in [3.8, 4) is 22.6 Å². The summed E-state index contributed by atoms with van der Waals surface area (Å²) in [6.07, 6.45) is 1.30. The zero-order valence-electron chi connectivity index (χ0n) is 10.1. The van der Waals surface area contributed by atoms with Gasteiger partial charge in [0.1, 0.15) is 28.7 Å². The quantitative estimate of drug-likeness (QED) is 0.718. The molecule has 0 radical (unpaired) electrons. The molecule has 0 aliphatic heterocycles. The maximum absolute atomic E-state index is 12.4. The molecule has 0 saturated carbocycles. The van der Waals surface area contributed by atoms with E-state index in [0.29, 0.717) is 16.1 Å². The van der Waals surface area contributed by atoms with Crippen LogP contribution >= 0.6 is 11.6 Å². The Kier molecular flexibility index (Phi) is 2.88. The van der Waals surface area contributed by atoms with Gasteiger partial charge in [-0.3, -0.25) is 4.79 Å². The van der Waals surface area contributed by atoms with Gasteiger partial charge in [-0.05, 0) is 17.7 Å². The van der Waals surface area contributed by atoms with Crippen LogP contribution in [0, 0.1) is 0 Å². The predicted octanol–water partition coefficient (Wildman–Crippen LogP) is 3.52. The SMILES string of the molecule is O=c1c(-c2ccc(Cl)cc2)coc2cc(O)cc(O)c12. The van der Waals surface area contributed by atoms with Crippen molar-refractivity contribution in [2.75, 3.05) is 0 Å². The van der Waals surface area contributed by atoms with Gasteiger partial charge in [-0.25, -0.2) is 0 Å². The summed E-state index contributed by atoms with van der Waals surface area (Å²) in [5, 5.41) is 19.8. The molecule has 2 aromatic carbocycles. The Morgan fingerprint density at radius 2 is 1.75 bits per heavy atom. The zero-order chi connectivity index (χ0) is 14.3. The lowest BCUT2D eigenvalue weighted by atomic mass is 10.1. The molecular weight excluding hydrogens is 280 g/mol. The molecule has 20 heavy (non-hydrogen) atoms. The Hall–Kier alpha value is -2.46. The van der Waals surface area contributed by atoms with Crippen LogP contribution in [0.4, 0.5) is 0 Å². The summed E-state index contributed by atoms with van der Waals surface area (Å²) in [4.78, 5) is 12.4. The molecule has 0 unspecified atom stereocenters. The first-order valence-corrected chi connectivity index (χ1v) is 6.17. The molecule has 0 atom stereocenters. The van der Waals surface area contributed by atoms with Crippen LogP contribution in [0.25, 0.3) is 22.1 Å². The average molecular weight is 289 g/mol. The summed E-state index contributed by atoms with van der Waals surface area (Å²) >= 11 is 5.81. The van der Waals surface area contributed by atoms with E-state index in [0.717, 1.165) is 6.07 Å². The number of phenolic OH excluding ortho intramolecular Hbond substituents is 2. The van der Waals surface area contributed by atoms with E-state index in [1.807, 2.05) is 0 Å². The molecule has 0 aliphatic carbocycles. The first kappa shape index (κ1) is 12.6. The van der Waals surface area contributed by atoms with Gasteiger partial charge in [-0.15, -0.1) is 0 Å². The lowest BCUT2D eigenvalue weighted by Gasteiger charge is -2.05. The Morgan fingerprint density at radius 1 is 1.05 bits per heavy atom. The smallest absolute Gasteiger partial charge is 0.204 e.